The van der Waals surface area contributed by atoms with Gasteiger partial charge >= 0.3 is 0 Å². The first-order chi connectivity index (χ1) is 10.7. The number of ether oxygens (including phenoxy) is 2. The molecular formula is C17H34O5. The van der Waals surface area contributed by atoms with Crippen LogP contribution in [0.4, 0.5) is 0 Å². The summed E-state index contributed by atoms with van der Waals surface area (Å²) in [7, 11) is 0. The van der Waals surface area contributed by atoms with Crippen LogP contribution in [-0.4, -0.2) is 53.1 Å². The third-order valence-corrected chi connectivity index (χ3v) is 4.23. The van der Waals surface area contributed by atoms with Crippen molar-refractivity contribution >= 4 is 0 Å². The molecule has 1 aliphatic heterocycles. The molecule has 0 aromatic heterocycles. The first-order valence-corrected chi connectivity index (χ1v) is 8.94. The van der Waals surface area contributed by atoms with E-state index in [2.05, 4.69) is 6.92 Å². The lowest BCUT2D eigenvalue weighted by Gasteiger charge is -2.34. The summed E-state index contributed by atoms with van der Waals surface area (Å²) in [6.07, 6.45) is 8.38. The highest BCUT2D eigenvalue weighted by atomic mass is 16.7. The van der Waals surface area contributed by atoms with Crippen LogP contribution in [0.25, 0.3) is 0 Å². The fourth-order valence-electron chi connectivity index (χ4n) is 2.71. The van der Waals surface area contributed by atoms with Crippen molar-refractivity contribution in [2.75, 3.05) is 13.2 Å². The molecule has 0 aromatic rings. The zero-order chi connectivity index (χ0) is 16.2. The van der Waals surface area contributed by atoms with Crippen molar-refractivity contribution in [3.05, 3.63) is 0 Å². The second kappa shape index (κ2) is 12.3. The third-order valence-electron chi connectivity index (χ3n) is 4.23. The van der Waals surface area contributed by atoms with Crippen molar-refractivity contribution in [2.24, 2.45) is 0 Å². The summed E-state index contributed by atoms with van der Waals surface area (Å²) in [5, 5.41) is 28.6. The Balaban J connectivity index is 1.89. The molecule has 1 heterocycles. The van der Waals surface area contributed by atoms with Gasteiger partial charge in [-0.25, -0.2) is 0 Å². The monoisotopic (exact) mass is 318 g/mol. The Kier molecular flexibility index (Phi) is 11.1. The van der Waals surface area contributed by atoms with Gasteiger partial charge in [-0.05, 0) is 6.42 Å². The van der Waals surface area contributed by atoms with Gasteiger partial charge in [-0.3, -0.25) is 0 Å². The number of aliphatic hydroxyl groups excluding tert-OH is 3. The normalized spacial score (nSPS) is 28.9. The van der Waals surface area contributed by atoms with Gasteiger partial charge in [-0.1, -0.05) is 64.7 Å². The topological polar surface area (TPSA) is 79.2 Å². The number of rotatable bonds is 12. The Hall–Kier alpha value is -0.200. The molecule has 0 saturated carbocycles. The van der Waals surface area contributed by atoms with Crippen molar-refractivity contribution in [3.63, 3.8) is 0 Å². The predicted octanol–water partition coefficient (Wildman–Crippen LogP) is 2.36. The quantitative estimate of drug-likeness (QED) is 0.481. The van der Waals surface area contributed by atoms with Crippen molar-refractivity contribution in [3.8, 4) is 0 Å². The molecule has 1 rings (SSSR count). The van der Waals surface area contributed by atoms with Gasteiger partial charge in [0.1, 0.15) is 18.3 Å². The van der Waals surface area contributed by atoms with Crippen LogP contribution >= 0.6 is 0 Å². The standard InChI is InChI=1S/C17H34O5/c1-2-3-4-5-6-7-8-9-10-11-12-21-17-16(20)15(19)14(18)13-22-17/h14-20H,2-13H2,1H3/t14-,15+,16+,17?/m1/s1. The van der Waals surface area contributed by atoms with Crippen LogP contribution < -0.4 is 0 Å². The number of aliphatic hydroxyl groups is 3. The van der Waals surface area contributed by atoms with Gasteiger partial charge in [0, 0.05) is 6.61 Å². The molecule has 1 fully saturated rings. The molecule has 22 heavy (non-hydrogen) atoms. The van der Waals surface area contributed by atoms with Gasteiger partial charge in [0.05, 0.1) is 6.61 Å². The Labute approximate surface area is 134 Å². The van der Waals surface area contributed by atoms with Crippen LogP contribution in [-0.2, 0) is 9.47 Å². The highest BCUT2D eigenvalue weighted by molar-refractivity contribution is 4.82. The summed E-state index contributed by atoms with van der Waals surface area (Å²) < 4.78 is 10.6. The van der Waals surface area contributed by atoms with Gasteiger partial charge in [-0.15, -0.1) is 0 Å². The Morgan fingerprint density at radius 1 is 0.818 bits per heavy atom. The number of hydrogen-bond donors (Lipinski definition) is 3. The van der Waals surface area contributed by atoms with Crippen LogP contribution in [0.15, 0.2) is 0 Å². The minimum absolute atomic E-state index is 0.000917. The molecule has 0 amide bonds. The maximum Gasteiger partial charge on any atom is 0.186 e. The molecule has 132 valence electrons. The van der Waals surface area contributed by atoms with E-state index in [1.165, 1.54) is 51.4 Å². The van der Waals surface area contributed by atoms with Crippen molar-refractivity contribution in [1.29, 1.82) is 0 Å². The zero-order valence-corrected chi connectivity index (χ0v) is 14.0. The molecule has 1 aliphatic rings. The third kappa shape index (κ3) is 7.88. The predicted molar refractivity (Wildman–Crippen MR) is 85.6 cm³/mol. The lowest BCUT2D eigenvalue weighted by atomic mass is 10.1. The van der Waals surface area contributed by atoms with Gasteiger partial charge < -0.3 is 24.8 Å². The summed E-state index contributed by atoms with van der Waals surface area (Å²) in [6, 6.07) is 0. The van der Waals surface area contributed by atoms with E-state index in [0.29, 0.717) is 6.61 Å². The van der Waals surface area contributed by atoms with Crippen molar-refractivity contribution < 1.29 is 24.8 Å². The minimum atomic E-state index is -1.19. The molecule has 5 heteroatoms. The van der Waals surface area contributed by atoms with E-state index in [0.717, 1.165) is 12.8 Å². The van der Waals surface area contributed by atoms with E-state index in [-0.39, 0.29) is 6.61 Å². The van der Waals surface area contributed by atoms with E-state index in [4.69, 9.17) is 9.47 Å². The minimum Gasteiger partial charge on any atom is -0.388 e. The number of hydrogen-bond acceptors (Lipinski definition) is 5. The smallest absolute Gasteiger partial charge is 0.186 e. The van der Waals surface area contributed by atoms with Crippen LogP contribution in [0.1, 0.15) is 71.1 Å². The molecule has 1 saturated heterocycles. The second-order valence-electron chi connectivity index (χ2n) is 6.30. The molecule has 0 radical (unpaired) electrons. The van der Waals surface area contributed by atoms with Crippen LogP contribution in [0.5, 0.6) is 0 Å². The van der Waals surface area contributed by atoms with E-state index < -0.39 is 24.6 Å². The zero-order valence-electron chi connectivity index (χ0n) is 14.0. The summed E-state index contributed by atoms with van der Waals surface area (Å²) >= 11 is 0. The Bertz CT molecular complexity index is 261. The first-order valence-electron chi connectivity index (χ1n) is 8.94. The summed E-state index contributed by atoms with van der Waals surface area (Å²) in [5.74, 6) is 0. The molecule has 5 nitrogen and oxygen atoms in total. The summed E-state index contributed by atoms with van der Waals surface area (Å²) in [4.78, 5) is 0. The van der Waals surface area contributed by atoms with Crippen LogP contribution in [0.3, 0.4) is 0 Å². The average molecular weight is 318 g/mol. The highest BCUT2D eigenvalue weighted by Crippen LogP contribution is 2.17. The molecule has 0 spiro atoms. The SMILES string of the molecule is CCCCCCCCCCCCOC1OC[C@@H](O)[C@H](O)[C@@H]1O. The molecule has 0 bridgehead atoms. The second-order valence-corrected chi connectivity index (χ2v) is 6.30. The molecule has 0 aliphatic carbocycles. The van der Waals surface area contributed by atoms with Gasteiger partial charge in [0.2, 0.25) is 0 Å². The van der Waals surface area contributed by atoms with E-state index >= 15 is 0 Å². The van der Waals surface area contributed by atoms with Gasteiger partial charge in [-0.2, -0.15) is 0 Å². The molecule has 0 aromatic carbocycles. The first kappa shape index (κ1) is 19.8. The maximum absolute atomic E-state index is 9.71. The van der Waals surface area contributed by atoms with E-state index in [9.17, 15) is 15.3 Å². The van der Waals surface area contributed by atoms with Crippen LogP contribution in [0.2, 0.25) is 0 Å². The molecule has 1 unspecified atom stereocenters. The fraction of sp³-hybridized carbons (Fsp3) is 1.00. The average Bonchev–Trinajstić information content (AvgIpc) is 2.52. The van der Waals surface area contributed by atoms with E-state index in [1.54, 1.807) is 0 Å². The molecule has 4 atom stereocenters. The summed E-state index contributed by atoms with van der Waals surface area (Å²) in [5.41, 5.74) is 0. The Morgan fingerprint density at radius 3 is 1.95 bits per heavy atom. The highest BCUT2D eigenvalue weighted by Gasteiger charge is 2.37. The fourth-order valence-corrected chi connectivity index (χ4v) is 2.71. The maximum atomic E-state index is 9.71. The lowest BCUT2D eigenvalue weighted by Crippen LogP contribution is -2.53. The van der Waals surface area contributed by atoms with Crippen LogP contribution in [0, 0.1) is 0 Å². The molecule has 3 N–H and O–H groups in total. The van der Waals surface area contributed by atoms with Crippen molar-refractivity contribution in [1.82, 2.24) is 0 Å². The largest absolute Gasteiger partial charge is 0.388 e. The van der Waals surface area contributed by atoms with Gasteiger partial charge in [0.15, 0.2) is 6.29 Å². The molecular weight excluding hydrogens is 284 g/mol. The van der Waals surface area contributed by atoms with Gasteiger partial charge in [0.25, 0.3) is 0 Å². The van der Waals surface area contributed by atoms with E-state index in [1.807, 2.05) is 0 Å². The lowest BCUT2D eigenvalue weighted by molar-refractivity contribution is -0.270. The van der Waals surface area contributed by atoms with Crippen molar-refractivity contribution in [2.45, 2.75) is 95.7 Å². The summed E-state index contributed by atoms with van der Waals surface area (Å²) in [6.45, 7) is 2.75. The number of unbranched alkanes of at least 4 members (excludes halogenated alkanes) is 9. The Morgan fingerprint density at radius 2 is 1.36 bits per heavy atom.